The minimum Gasteiger partial charge on any atom is -0.361 e. The molecule has 0 aromatic carbocycles. The van der Waals surface area contributed by atoms with E-state index in [1.54, 1.807) is 0 Å². The molecule has 0 atom stereocenters. The van der Waals surface area contributed by atoms with Gasteiger partial charge in [-0.1, -0.05) is 0 Å². The molecule has 4 aliphatic rings. The largest absolute Gasteiger partial charge is 0.361 e. The molecule has 1 N–H and O–H groups in total. The van der Waals surface area contributed by atoms with Crippen LogP contribution >= 0.6 is 0 Å². The second kappa shape index (κ2) is 2.03. The second-order valence-electron chi connectivity index (χ2n) is 5.03. The highest BCUT2D eigenvalue weighted by Crippen LogP contribution is 2.58. The third kappa shape index (κ3) is 0.769. The van der Waals surface area contributed by atoms with Crippen molar-refractivity contribution >= 4 is 0 Å². The third-order valence-electron chi connectivity index (χ3n) is 4.28. The summed E-state index contributed by atoms with van der Waals surface area (Å²) in [5, 5.41) is 9.63. The maximum atomic E-state index is 13.7. The summed E-state index contributed by atoms with van der Waals surface area (Å²) in [5.74, 6) is -0.359. The van der Waals surface area contributed by atoms with E-state index in [2.05, 4.69) is 0 Å². The molecule has 0 aliphatic heterocycles. The van der Waals surface area contributed by atoms with Crippen LogP contribution in [0.4, 0.5) is 4.39 Å². The Labute approximate surface area is 72.0 Å². The summed E-state index contributed by atoms with van der Waals surface area (Å²) in [6.07, 6.45) is 5.09. The molecule has 0 amide bonds. The van der Waals surface area contributed by atoms with Crippen molar-refractivity contribution in [3.05, 3.63) is 0 Å². The van der Waals surface area contributed by atoms with E-state index in [1.165, 1.54) is 6.42 Å². The van der Waals surface area contributed by atoms with Gasteiger partial charge < -0.3 is 5.11 Å². The van der Waals surface area contributed by atoms with E-state index >= 15 is 0 Å². The predicted molar refractivity (Wildman–Crippen MR) is 43.1 cm³/mol. The molecule has 4 saturated carbocycles. The van der Waals surface area contributed by atoms with Gasteiger partial charge in [-0.2, -0.15) is 0 Å². The first-order valence-electron chi connectivity index (χ1n) is 5.07. The van der Waals surface area contributed by atoms with Gasteiger partial charge in [0, 0.05) is 11.8 Å². The Morgan fingerprint density at radius 2 is 1.33 bits per heavy atom. The van der Waals surface area contributed by atoms with Gasteiger partial charge >= 0.3 is 0 Å². The molecule has 0 aromatic rings. The number of hydrogen-bond donors (Lipinski definition) is 1. The molecule has 0 saturated heterocycles. The van der Waals surface area contributed by atoms with E-state index in [0.29, 0.717) is 0 Å². The van der Waals surface area contributed by atoms with Crippen LogP contribution in [0, 0.1) is 23.7 Å². The summed E-state index contributed by atoms with van der Waals surface area (Å²) in [4.78, 5) is 0. The van der Waals surface area contributed by atoms with Crippen LogP contribution in [0.25, 0.3) is 0 Å². The first-order valence-corrected chi connectivity index (χ1v) is 5.07. The zero-order chi connectivity index (χ0) is 8.34. The van der Waals surface area contributed by atoms with Crippen LogP contribution in [0.1, 0.15) is 32.1 Å². The van der Waals surface area contributed by atoms with Gasteiger partial charge in [0.25, 0.3) is 0 Å². The smallest absolute Gasteiger partial charge is 0.212 e. The Bertz CT molecular complexity index is 182. The number of halogens is 1. The standard InChI is InChI=1S/C10H15FO/c11-10(12)8-2-6-1-7(4-8)5-9(10)3-6/h6-9,12H,1-5H2. The van der Waals surface area contributed by atoms with Crippen LogP contribution in [-0.4, -0.2) is 11.0 Å². The highest BCUT2D eigenvalue weighted by molar-refractivity contribution is 5.01. The minimum absolute atomic E-state index is 0.0197. The molecule has 68 valence electrons. The van der Waals surface area contributed by atoms with E-state index in [0.717, 1.165) is 37.5 Å². The Kier molecular flexibility index (Phi) is 1.24. The van der Waals surface area contributed by atoms with Crippen molar-refractivity contribution in [1.29, 1.82) is 0 Å². The summed E-state index contributed by atoms with van der Waals surface area (Å²) in [7, 11) is 0. The lowest BCUT2D eigenvalue weighted by molar-refractivity contribution is -0.248. The second-order valence-corrected chi connectivity index (χ2v) is 5.03. The van der Waals surface area contributed by atoms with Crippen LogP contribution < -0.4 is 0 Å². The van der Waals surface area contributed by atoms with Crippen molar-refractivity contribution in [2.75, 3.05) is 0 Å². The fraction of sp³-hybridized carbons (Fsp3) is 1.00. The average Bonchev–Trinajstić information content (AvgIpc) is 1.99. The maximum Gasteiger partial charge on any atom is 0.212 e. The minimum atomic E-state index is -1.80. The highest BCUT2D eigenvalue weighted by atomic mass is 19.2. The molecule has 0 radical (unpaired) electrons. The van der Waals surface area contributed by atoms with Gasteiger partial charge in [-0.15, -0.1) is 0 Å². The van der Waals surface area contributed by atoms with Gasteiger partial charge in [-0.05, 0) is 43.9 Å². The molecule has 4 bridgehead atoms. The molecule has 4 fully saturated rings. The van der Waals surface area contributed by atoms with Crippen molar-refractivity contribution in [3.63, 3.8) is 0 Å². The van der Waals surface area contributed by atoms with Crippen molar-refractivity contribution in [3.8, 4) is 0 Å². The van der Waals surface area contributed by atoms with Crippen LogP contribution in [0.3, 0.4) is 0 Å². The number of aliphatic hydroxyl groups is 1. The molecule has 4 aliphatic carbocycles. The van der Waals surface area contributed by atoms with Crippen LogP contribution in [-0.2, 0) is 0 Å². The summed E-state index contributed by atoms with van der Waals surface area (Å²) >= 11 is 0. The summed E-state index contributed by atoms with van der Waals surface area (Å²) in [5.41, 5.74) is 0. The zero-order valence-corrected chi connectivity index (χ0v) is 7.17. The van der Waals surface area contributed by atoms with Gasteiger partial charge in [0.15, 0.2) is 0 Å². The van der Waals surface area contributed by atoms with Gasteiger partial charge in [0.2, 0.25) is 5.85 Å². The van der Waals surface area contributed by atoms with Gasteiger partial charge in [0.1, 0.15) is 0 Å². The Hall–Kier alpha value is -0.110. The molecule has 4 rings (SSSR count). The van der Waals surface area contributed by atoms with Gasteiger partial charge in [-0.3, -0.25) is 0 Å². The average molecular weight is 170 g/mol. The molecule has 0 heterocycles. The summed E-state index contributed by atoms with van der Waals surface area (Å²) in [6, 6.07) is 0. The number of hydrogen-bond acceptors (Lipinski definition) is 1. The lowest BCUT2D eigenvalue weighted by atomic mass is 9.54. The molecular weight excluding hydrogens is 155 g/mol. The van der Waals surface area contributed by atoms with Crippen LogP contribution in [0.2, 0.25) is 0 Å². The molecular formula is C10H15FO. The van der Waals surface area contributed by atoms with E-state index < -0.39 is 5.85 Å². The molecule has 0 aromatic heterocycles. The van der Waals surface area contributed by atoms with E-state index in [-0.39, 0.29) is 11.8 Å². The Balaban J connectivity index is 1.96. The number of rotatable bonds is 0. The molecule has 2 heteroatoms. The van der Waals surface area contributed by atoms with E-state index in [4.69, 9.17) is 0 Å². The lowest BCUT2D eigenvalue weighted by Crippen LogP contribution is -2.54. The quantitative estimate of drug-likeness (QED) is 0.590. The lowest BCUT2D eigenvalue weighted by Gasteiger charge is -2.55. The Morgan fingerprint density at radius 3 is 1.75 bits per heavy atom. The van der Waals surface area contributed by atoms with E-state index in [9.17, 15) is 9.50 Å². The van der Waals surface area contributed by atoms with Crippen molar-refractivity contribution in [1.82, 2.24) is 0 Å². The molecule has 0 spiro atoms. The molecule has 1 nitrogen and oxygen atoms in total. The fourth-order valence-corrected chi connectivity index (χ4v) is 3.85. The van der Waals surface area contributed by atoms with Gasteiger partial charge in [0.05, 0.1) is 0 Å². The van der Waals surface area contributed by atoms with Crippen molar-refractivity contribution in [2.24, 2.45) is 23.7 Å². The summed E-state index contributed by atoms with van der Waals surface area (Å²) in [6.45, 7) is 0. The van der Waals surface area contributed by atoms with Gasteiger partial charge in [-0.25, -0.2) is 4.39 Å². The monoisotopic (exact) mass is 170 g/mol. The fourth-order valence-electron chi connectivity index (χ4n) is 3.85. The SMILES string of the molecule is OC1(F)C2CC3CC(C2)CC1C3. The normalized spacial score (nSPS) is 62.5. The van der Waals surface area contributed by atoms with Crippen molar-refractivity contribution in [2.45, 2.75) is 38.0 Å². The van der Waals surface area contributed by atoms with Crippen molar-refractivity contribution < 1.29 is 9.50 Å². The first-order chi connectivity index (χ1) is 5.66. The molecule has 0 unspecified atom stereocenters. The van der Waals surface area contributed by atoms with E-state index in [1.807, 2.05) is 0 Å². The zero-order valence-electron chi connectivity index (χ0n) is 7.17. The first kappa shape index (κ1) is 7.31. The molecule has 12 heavy (non-hydrogen) atoms. The highest BCUT2D eigenvalue weighted by Gasteiger charge is 2.57. The summed E-state index contributed by atoms with van der Waals surface area (Å²) < 4.78 is 13.7. The van der Waals surface area contributed by atoms with Crippen LogP contribution in [0.5, 0.6) is 0 Å². The Morgan fingerprint density at radius 1 is 0.917 bits per heavy atom. The number of alkyl halides is 1. The third-order valence-corrected chi connectivity index (χ3v) is 4.28. The predicted octanol–water partition coefficient (Wildman–Crippen LogP) is 2.10. The topological polar surface area (TPSA) is 20.2 Å². The maximum absolute atomic E-state index is 13.7. The van der Waals surface area contributed by atoms with Crippen LogP contribution in [0.15, 0.2) is 0 Å².